The zero-order valence-corrected chi connectivity index (χ0v) is 13.3. The molecule has 0 aliphatic carbocycles. The number of amides is 1. The van der Waals surface area contributed by atoms with Gasteiger partial charge in [0.05, 0.1) is 0 Å². The predicted molar refractivity (Wildman–Crippen MR) is 88.9 cm³/mol. The van der Waals surface area contributed by atoms with Crippen LogP contribution in [0.25, 0.3) is 0 Å². The van der Waals surface area contributed by atoms with Gasteiger partial charge in [-0.25, -0.2) is 9.97 Å². The number of carbonyl (C=O) groups excluding carboxylic acids is 1. The zero-order chi connectivity index (χ0) is 17.2. The average Bonchev–Trinajstić information content (AvgIpc) is 2.49. The van der Waals surface area contributed by atoms with Gasteiger partial charge in [0, 0.05) is 19.8 Å². The van der Waals surface area contributed by atoms with E-state index in [2.05, 4.69) is 20.3 Å². The molecule has 0 aromatic carbocycles. The fourth-order valence-electron chi connectivity index (χ4n) is 1.48. The van der Waals surface area contributed by atoms with Crippen molar-refractivity contribution in [3.63, 3.8) is 0 Å². The van der Waals surface area contributed by atoms with Gasteiger partial charge in [0.1, 0.15) is 0 Å². The maximum absolute atomic E-state index is 12.0. The van der Waals surface area contributed by atoms with Crippen molar-refractivity contribution in [1.82, 2.24) is 15.3 Å². The van der Waals surface area contributed by atoms with Gasteiger partial charge < -0.3 is 27.7 Å². The number of rotatable bonds is 8. The number of nitrogens with zero attached hydrogens (tertiary/aromatic N) is 3. The molecule has 0 fully saturated rings. The number of aromatic nitrogens is 2. The molecular formula is C12H21ClN8O2. The topological polar surface area (TPSA) is 181 Å². The van der Waals surface area contributed by atoms with Gasteiger partial charge in [-0.05, 0) is 19.4 Å². The van der Waals surface area contributed by atoms with E-state index in [4.69, 9.17) is 39.3 Å². The lowest BCUT2D eigenvalue weighted by Crippen LogP contribution is -2.38. The van der Waals surface area contributed by atoms with Crippen molar-refractivity contribution in [3.8, 4) is 0 Å². The summed E-state index contributed by atoms with van der Waals surface area (Å²) in [6, 6.07) is 0. The summed E-state index contributed by atoms with van der Waals surface area (Å²) < 4.78 is 5.31. The maximum atomic E-state index is 12.0. The zero-order valence-electron chi connectivity index (χ0n) is 12.6. The molecule has 0 aliphatic heterocycles. The Morgan fingerprint density at radius 1 is 1.22 bits per heavy atom. The second kappa shape index (κ2) is 9.77. The van der Waals surface area contributed by atoms with Crippen LogP contribution >= 0.6 is 11.6 Å². The molecule has 0 unspecified atom stereocenters. The van der Waals surface area contributed by atoms with Gasteiger partial charge in [-0.2, -0.15) is 0 Å². The number of nitrogens with one attached hydrogen (secondary N) is 1. The number of nitrogens with two attached hydrogens (primary N) is 4. The highest BCUT2D eigenvalue weighted by Crippen LogP contribution is 2.16. The van der Waals surface area contributed by atoms with E-state index in [9.17, 15) is 4.79 Å². The summed E-state index contributed by atoms with van der Waals surface area (Å²) in [5.74, 6) is -0.939. The van der Waals surface area contributed by atoms with Crippen molar-refractivity contribution in [2.24, 2.45) is 16.5 Å². The van der Waals surface area contributed by atoms with Crippen molar-refractivity contribution in [3.05, 3.63) is 10.8 Å². The van der Waals surface area contributed by atoms with E-state index in [-0.39, 0.29) is 28.4 Å². The van der Waals surface area contributed by atoms with Crippen LogP contribution in [0.2, 0.25) is 5.15 Å². The van der Waals surface area contributed by atoms with Crippen LogP contribution < -0.4 is 28.3 Å². The van der Waals surface area contributed by atoms with Crippen molar-refractivity contribution < 1.29 is 9.53 Å². The third-order valence-electron chi connectivity index (χ3n) is 2.58. The van der Waals surface area contributed by atoms with Crippen LogP contribution in [0.1, 0.15) is 23.3 Å². The Hall–Kier alpha value is -2.17. The van der Waals surface area contributed by atoms with Crippen LogP contribution in [0.5, 0.6) is 0 Å². The molecule has 0 spiro atoms. The minimum Gasteiger partial charge on any atom is -0.382 e. The predicted octanol–water partition coefficient (Wildman–Crippen LogP) is -0.906. The second-order valence-electron chi connectivity index (χ2n) is 4.46. The Labute approximate surface area is 138 Å². The molecule has 0 atom stereocenters. The Morgan fingerprint density at radius 2 is 1.91 bits per heavy atom. The molecule has 1 aromatic rings. The Morgan fingerprint density at radius 3 is 2.61 bits per heavy atom. The summed E-state index contributed by atoms with van der Waals surface area (Å²) in [5.41, 5.74) is 21.8. The minimum atomic E-state index is -0.669. The number of ether oxygens (including phenoxy) is 1. The first-order valence-electron chi connectivity index (χ1n) is 6.93. The molecular weight excluding hydrogens is 324 g/mol. The first-order chi connectivity index (χ1) is 11.0. The molecule has 10 nitrogen and oxygen atoms in total. The number of guanidine groups is 1. The molecule has 1 aromatic heterocycles. The van der Waals surface area contributed by atoms with Crippen molar-refractivity contribution in [1.29, 1.82) is 0 Å². The number of hydrogen-bond acceptors (Lipinski definition) is 8. The summed E-state index contributed by atoms with van der Waals surface area (Å²) in [6.45, 7) is 2.15. The molecule has 23 heavy (non-hydrogen) atoms. The number of hydrogen-bond donors (Lipinski definition) is 5. The normalized spacial score (nSPS) is 11.5. The van der Waals surface area contributed by atoms with Crippen LogP contribution in [-0.2, 0) is 4.74 Å². The molecule has 128 valence electrons. The highest BCUT2D eigenvalue weighted by atomic mass is 35.5. The smallest absolute Gasteiger partial charge is 0.280 e. The lowest BCUT2D eigenvalue weighted by molar-refractivity contribution is 0.0972. The van der Waals surface area contributed by atoms with Gasteiger partial charge in [-0.1, -0.05) is 11.6 Å². The molecule has 0 radical (unpaired) electrons. The average molecular weight is 345 g/mol. The summed E-state index contributed by atoms with van der Waals surface area (Å²) >= 11 is 5.70. The van der Waals surface area contributed by atoms with E-state index >= 15 is 0 Å². The number of anilines is 2. The van der Waals surface area contributed by atoms with Crippen LogP contribution in [0, 0.1) is 0 Å². The Kier molecular flexibility index (Phi) is 8.02. The molecule has 1 heterocycles. The van der Waals surface area contributed by atoms with Crippen LogP contribution in [-0.4, -0.2) is 48.1 Å². The Bertz CT molecular complexity index is 566. The van der Waals surface area contributed by atoms with E-state index in [0.717, 1.165) is 6.42 Å². The van der Waals surface area contributed by atoms with Crippen LogP contribution in [0.15, 0.2) is 4.99 Å². The number of halogens is 1. The number of carbonyl (C=O) groups is 1. The van der Waals surface area contributed by atoms with Crippen LogP contribution in [0.4, 0.5) is 11.6 Å². The molecule has 11 heteroatoms. The summed E-state index contributed by atoms with van der Waals surface area (Å²) in [5, 5.41) is 2.23. The van der Waals surface area contributed by atoms with Gasteiger partial charge in [-0.15, -0.1) is 0 Å². The number of aliphatic imine (C=N–C) groups is 1. The molecule has 0 saturated heterocycles. The molecule has 0 aliphatic rings. The largest absolute Gasteiger partial charge is 0.382 e. The minimum absolute atomic E-state index is 0.0583. The quantitative estimate of drug-likeness (QED) is 0.228. The van der Waals surface area contributed by atoms with E-state index in [1.807, 2.05) is 0 Å². The van der Waals surface area contributed by atoms with Crippen LogP contribution in [0.3, 0.4) is 0 Å². The fraction of sp³-hybridized carbons (Fsp3) is 0.500. The molecule has 9 N–H and O–H groups in total. The van der Waals surface area contributed by atoms with Crippen molar-refractivity contribution >= 4 is 35.1 Å². The molecule has 0 saturated carbocycles. The lowest BCUT2D eigenvalue weighted by Gasteiger charge is -2.07. The number of nitrogen functional groups attached to an aromatic ring is 2. The van der Waals surface area contributed by atoms with Gasteiger partial charge in [0.2, 0.25) is 0 Å². The van der Waals surface area contributed by atoms with Gasteiger partial charge in [0.15, 0.2) is 28.4 Å². The van der Waals surface area contributed by atoms with Gasteiger partial charge >= 0.3 is 0 Å². The van der Waals surface area contributed by atoms with E-state index in [1.165, 1.54) is 0 Å². The second-order valence-corrected chi connectivity index (χ2v) is 4.82. The standard InChI is InChI=1S/C12H21ClN8O2/c13-8-10(16)20-9(15)7(19-8)11(22)21-12(17)18-4-2-6-23-5-1-3-14/h1-6,14H2,(H4,15,16,20)(H3,17,18,21,22). The maximum Gasteiger partial charge on any atom is 0.280 e. The highest BCUT2D eigenvalue weighted by molar-refractivity contribution is 6.31. The molecule has 1 rings (SSSR count). The van der Waals surface area contributed by atoms with E-state index < -0.39 is 5.91 Å². The van der Waals surface area contributed by atoms with E-state index in [0.29, 0.717) is 32.7 Å². The summed E-state index contributed by atoms with van der Waals surface area (Å²) in [6.07, 6.45) is 1.48. The van der Waals surface area contributed by atoms with Gasteiger partial charge in [-0.3, -0.25) is 15.1 Å². The monoisotopic (exact) mass is 344 g/mol. The first-order valence-corrected chi connectivity index (χ1v) is 7.31. The van der Waals surface area contributed by atoms with E-state index in [1.54, 1.807) is 0 Å². The first kappa shape index (κ1) is 18.9. The molecule has 0 bridgehead atoms. The summed E-state index contributed by atoms with van der Waals surface area (Å²) in [7, 11) is 0. The Balaban J connectivity index is 2.44. The third kappa shape index (κ3) is 6.63. The van der Waals surface area contributed by atoms with Gasteiger partial charge in [0.25, 0.3) is 5.91 Å². The summed E-state index contributed by atoms with van der Waals surface area (Å²) in [4.78, 5) is 23.4. The molecule has 1 amide bonds. The SMILES string of the molecule is NCCCOCCCN=C(N)NC(=O)c1nc(Cl)c(N)nc1N. The highest BCUT2D eigenvalue weighted by Gasteiger charge is 2.16. The van der Waals surface area contributed by atoms with Crippen molar-refractivity contribution in [2.75, 3.05) is 37.8 Å². The third-order valence-corrected chi connectivity index (χ3v) is 2.86. The lowest BCUT2D eigenvalue weighted by atomic mass is 10.4. The van der Waals surface area contributed by atoms with Crippen molar-refractivity contribution in [2.45, 2.75) is 12.8 Å². The fourth-order valence-corrected chi connectivity index (χ4v) is 1.60.